The highest BCUT2D eigenvalue weighted by atomic mass is 16.5. The number of benzene rings is 1. The first-order valence-corrected chi connectivity index (χ1v) is 11.7. The van der Waals surface area contributed by atoms with Crippen LogP contribution in [0.25, 0.3) is 0 Å². The molecule has 2 saturated heterocycles. The van der Waals surface area contributed by atoms with Crippen molar-refractivity contribution in [2.75, 3.05) is 52.5 Å². The van der Waals surface area contributed by atoms with Gasteiger partial charge in [0.05, 0.1) is 25.9 Å². The number of nitrogens with one attached hydrogen (secondary N) is 1. The zero-order chi connectivity index (χ0) is 20.8. The van der Waals surface area contributed by atoms with E-state index in [9.17, 15) is 9.90 Å². The first-order chi connectivity index (χ1) is 14.7. The highest BCUT2D eigenvalue weighted by molar-refractivity contribution is 5.78. The largest absolute Gasteiger partial charge is 0.391 e. The van der Waals surface area contributed by atoms with E-state index < -0.39 is 0 Å². The number of carbonyl (C=O) groups excluding carboxylic acids is 1. The monoisotopic (exact) mass is 415 g/mol. The van der Waals surface area contributed by atoms with Crippen LogP contribution in [0.5, 0.6) is 0 Å². The number of amides is 1. The fourth-order valence-electron chi connectivity index (χ4n) is 5.50. The summed E-state index contributed by atoms with van der Waals surface area (Å²) in [6, 6.07) is 10.9. The first-order valence-electron chi connectivity index (χ1n) is 11.7. The summed E-state index contributed by atoms with van der Waals surface area (Å²) in [6.45, 7) is 6.34. The molecule has 30 heavy (non-hydrogen) atoms. The predicted octanol–water partition coefficient (Wildman–Crippen LogP) is 1.77. The summed E-state index contributed by atoms with van der Waals surface area (Å²) in [5, 5.41) is 14.2. The molecule has 0 unspecified atom stereocenters. The number of ether oxygens (including phenoxy) is 1. The molecular formula is C24H37N3O3. The SMILES string of the molecule is O=C(CN1CCOCC1)NC[C@@]1(c2ccccc2)CC[C@H](O)[C@@H](N2CCCC2)CC1. The number of carbonyl (C=O) groups is 1. The number of aliphatic hydroxyl groups is 1. The van der Waals surface area contributed by atoms with E-state index in [0.29, 0.717) is 26.3 Å². The molecule has 166 valence electrons. The van der Waals surface area contributed by atoms with Crippen molar-refractivity contribution >= 4 is 5.91 Å². The van der Waals surface area contributed by atoms with Crippen molar-refractivity contribution in [3.63, 3.8) is 0 Å². The van der Waals surface area contributed by atoms with Crippen molar-refractivity contribution in [3.05, 3.63) is 35.9 Å². The molecule has 0 aromatic heterocycles. The minimum atomic E-state index is -0.280. The van der Waals surface area contributed by atoms with Gasteiger partial charge in [0.2, 0.25) is 5.91 Å². The van der Waals surface area contributed by atoms with Crippen LogP contribution in [-0.4, -0.2) is 85.4 Å². The van der Waals surface area contributed by atoms with Crippen LogP contribution in [0.15, 0.2) is 30.3 Å². The average Bonchev–Trinajstić information content (AvgIpc) is 3.25. The van der Waals surface area contributed by atoms with Gasteiger partial charge in [-0.1, -0.05) is 30.3 Å². The summed E-state index contributed by atoms with van der Waals surface area (Å²) in [5.41, 5.74) is 1.17. The molecule has 2 heterocycles. The summed E-state index contributed by atoms with van der Waals surface area (Å²) in [7, 11) is 0. The molecule has 0 bridgehead atoms. The molecule has 6 heteroatoms. The molecule has 2 N–H and O–H groups in total. The van der Waals surface area contributed by atoms with Crippen LogP contribution in [0.4, 0.5) is 0 Å². The van der Waals surface area contributed by atoms with Crippen LogP contribution >= 0.6 is 0 Å². The molecule has 1 aromatic rings. The molecule has 1 amide bonds. The maximum atomic E-state index is 12.7. The molecule has 2 aliphatic heterocycles. The second-order valence-electron chi connectivity index (χ2n) is 9.27. The van der Waals surface area contributed by atoms with Gasteiger partial charge in [-0.2, -0.15) is 0 Å². The lowest BCUT2D eigenvalue weighted by Gasteiger charge is -2.35. The fraction of sp³-hybridized carbons (Fsp3) is 0.708. The quantitative estimate of drug-likeness (QED) is 0.694. The Morgan fingerprint density at radius 2 is 1.77 bits per heavy atom. The van der Waals surface area contributed by atoms with Crippen molar-refractivity contribution in [2.45, 2.75) is 56.1 Å². The van der Waals surface area contributed by atoms with Crippen molar-refractivity contribution in [1.82, 2.24) is 15.1 Å². The molecule has 3 fully saturated rings. The molecule has 3 atom stereocenters. The topological polar surface area (TPSA) is 65.0 Å². The number of likely N-dealkylation sites (tertiary alicyclic amines) is 1. The molecular weight excluding hydrogens is 378 g/mol. The molecule has 4 rings (SSSR count). The van der Waals surface area contributed by atoms with Crippen molar-refractivity contribution < 1.29 is 14.6 Å². The maximum absolute atomic E-state index is 12.7. The second-order valence-corrected chi connectivity index (χ2v) is 9.27. The Balaban J connectivity index is 1.44. The van der Waals surface area contributed by atoms with Gasteiger partial charge in [-0.25, -0.2) is 0 Å². The van der Waals surface area contributed by atoms with E-state index in [1.54, 1.807) is 0 Å². The van der Waals surface area contributed by atoms with Gasteiger partial charge in [0.15, 0.2) is 0 Å². The third kappa shape index (κ3) is 5.22. The van der Waals surface area contributed by atoms with Crippen molar-refractivity contribution in [3.8, 4) is 0 Å². The van der Waals surface area contributed by atoms with Gasteiger partial charge >= 0.3 is 0 Å². The van der Waals surface area contributed by atoms with Crippen molar-refractivity contribution in [1.29, 1.82) is 0 Å². The van der Waals surface area contributed by atoms with Crippen LogP contribution in [0.1, 0.15) is 44.1 Å². The average molecular weight is 416 g/mol. The standard InChI is InChI=1S/C24H37N3O3/c28-22-9-11-24(20-6-2-1-3-7-20,10-8-21(22)27-12-4-5-13-27)19-25-23(29)18-26-14-16-30-17-15-26/h1-3,6-7,21-22,28H,4-5,8-19H2,(H,25,29)/t21-,22-,24-/m0/s1. The molecule has 0 spiro atoms. The van der Waals surface area contributed by atoms with Crippen LogP contribution < -0.4 is 5.32 Å². The minimum Gasteiger partial charge on any atom is -0.391 e. The van der Waals surface area contributed by atoms with Crippen LogP contribution in [-0.2, 0) is 14.9 Å². The lowest BCUT2D eigenvalue weighted by atomic mass is 9.74. The number of morpholine rings is 1. The lowest BCUT2D eigenvalue weighted by molar-refractivity contribution is -0.123. The maximum Gasteiger partial charge on any atom is 0.234 e. The Bertz CT molecular complexity index is 674. The van der Waals surface area contributed by atoms with E-state index in [1.807, 2.05) is 6.07 Å². The smallest absolute Gasteiger partial charge is 0.234 e. The van der Waals surface area contributed by atoms with E-state index in [2.05, 4.69) is 39.4 Å². The van der Waals surface area contributed by atoms with Crippen LogP contribution in [0.3, 0.4) is 0 Å². The Morgan fingerprint density at radius 3 is 2.50 bits per heavy atom. The summed E-state index contributed by atoms with van der Waals surface area (Å²) in [5.74, 6) is 0.0908. The van der Waals surface area contributed by atoms with Crippen LogP contribution in [0, 0.1) is 0 Å². The first kappa shape index (κ1) is 21.8. The lowest BCUT2D eigenvalue weighted by Crippen LogP contribution is -2.47. The number of nitrogens with zero attached hydrogens (tertiary/aromatic N) is 2. The Kier molecular flexibility index (Phi) is 7.41. The van der Waals surface area contributed by atoms with Gasteiger partial charge in [-0.15, -0.1) is 0 Å². The summed E-state index contributed by atoms with van der Waals surface area (Å²) in [6.07, 6.45) is 5.87. The summed E-state index contributed by atoms with van der Waals surface area (Å²) < 4.78 is 5.39. The fourth-order valence-corrected chi connectivity index (χ4v) is 5.50. The third-order valence-electron chi connectivity index (χ3n) is 7.37. The van der Waals surface area contributed by atoms with Crippen LogP contribution in [0.2, 0.25) is 0 Å². The van der Waals surface area contributed by atoms with Gasteiger partial charge < -0.3 is 15.2 Å². The highest BCUT2D eigenvalue weighted by Gasteiger charge is 2.40. The summed E-state index contributed by atoms with van der Waals surface area (Å²) >= 11 is 0. The van der Waals surface area contributed by atoms with Gasteiger partial charge in [-0.3, -0.25) is 14.6 Å². The molecule has 0 radical (unpaired) electrons. The predicted molar refractivity (Wildman–Crippen MR) is 117 cm³/mol. The number of hydrogen-bond donors (Lipinski definition) is 2. The number of hydrogen-bond acceptors (Lipinski definition) is 5. The third-order valence-corrected chi connectivity index (χ3v) is 7.37. The molecule has 3 aliphatic rings. The molecule has 1 saturated carbocycles. The molecule has 6 nitrogen and oxygen atoms in total. The molecule has 1 aliphatic carbocycles. The van der Waals surface area contributed by atoms with Gasteiger partial charge in [-0.05, 0) is 57.2 Å². The second kappa shape index (κ2) is 10.2. The van der Waals surface area contributed by atoms with Gasteiger partial charge in [0.25, 0.3) is 0 Å². The number of aliphatic hydroxyl groups excluding tert-OH is 1. The van der Waals surface area contributed by atoms with Gasteiger partial charge in [0.1, 0.15) is 0 Å². The Hall–Kier alpha value is -1.47. The Labute approximate surface area is 180 Å². The van der Waals surface area contributed by atoms with E-state index in [4.69, 9.17) is 4.74 Å². The normalized spacial score (nSPS) is 31.4. The number of rotatable bonds is 6. The van der Waals surface area contributed by atoms with E-state index in [1.165, 1.54) is 18.4 Å². The zero-order valence-corrected chi connectivity index (χ0v) is 18.1. The van der Waals surface area contributed by atoms with E-state index >= 15 is 0 Å². The zero-order valence-electron chi connectivity index (χ0n) is 18.1. The van der Waals surface area contributed by atoms with Gasteiger partial charge in [0, 0.05) is 31.1 Å². The van der Waals surface area contributed by atoms with Crippen molar-refractivity contribution in [2.24, 2.45) is 0 Å². The summed E-state index contributed by atoms with van der Waals surface area (Å²) in [4.78, 5) is 17.3. The highest BCUT2D eigenvalue weighted by Crippen LogP contribution is 2.39. The minimum absolute atomic E-state index is 0.0908. The van der Waals surface area contributed by atoms with E-state index in [-0.39, 0.29) is 23.5 Å². The van der Waals surface area contributed by atoms with E-state index in [0.717, 1.165) is 51.9 Å². The Morgan fingerprint density at radius 1 is 1.07 bits per heavy atom. The molecule has 1 aromatic carbocycles.